The average Bonchev–Trinajstić information content (AvgIpc) is 2.96. The Morgan fingerprint density at radius 1 is 1.57 bits per heavy atom. The highest BCUT2D eigenvalue weighted by Crippen LogP contribution is 2.18. The van der Waals surface area contributed by atoms with Gasteiger partial charge in [0.05, 0.1) is 25.0 Å². The van der Waals surface area contributed by atoms with E-state index in [1.165, 1.54) is 10.2 Å². The molecule has 0 saturated carbocycles. The van der Waals surface area contributed by atoms with Gasteiger partial charge in [0.1, 0.15) is 4.47 Å². The van der Waals surface area contributed by atoms with Crippen LogP contribution in [0.3, 0.4) is 0 Å². The Hall–Kier alpha value is -1.18. The van der Waals surface area contributed by atoms with Gasteiger partial charge in [-0.3, -0.25) is 4.79 Å². The Balaban J connectivity index is 2.06. The number of ether oxygens (including phenoxy) is 1. The number of nitrogens with one attached hydrogen (secondary N) is 1. The van der Waals surface area contributed by atoms with E-state index >= 15 is 0 Å². The van der Waals surface area contributed by atoms with E-state index in [4.69, 9.17) is 4.74 Å². The zero-order valence-electron chi connectivity index (χ0n) is 12.0. The molecular weight excluding hydrogens is 354 g/mol. The van der Waals surface area contributed by atoms with Crippen LogP contribution >= 0.6 is 27.3 Å². The van der Waals surface area contributed by atoms with Crippen LogP contribution in [-0.2, 0) is 17.7 Å². The molecule has 5 nitrogen and oxygen atoms in total. The van der Waals surface area contributed by atoms with Gasteiger partial charge in [0.25, 0.3) is 5.56 Å². The minimum absolute atomic E-state index is 0.153. The van der Waals surface area contributed by atoms with Crippen LogP contribution in [0.4, 0.5) is 5.69 Å². The molecule has 21 heavy (non-hydrogen) atoms. The molecule has 7 heteroatoms. The van der Waals surface area contributed by atoms with Crippen molar-refractivity contribution in [2.75, 3.05) is 19.0 Å². The number of anilines is 1. The number of methoxy groups -OCH3 is 1. The van der Waals surface area contributed by atoms with Gasteiger partial charge in [-0.25, -0.2) is 4.68 Å². The fourth-order valence-electron chi connectivity index (χ4n) is 1.98. The topological polar surface area (TPSA) is 56.1 Å². The van der Waals surface area contributed by atoms with Gasteiger partial charge >= 0.3 is 0 Å². The Morgan fingerprint density at radius 2 is 2.38 bits per heavy atom. The summed E-state index contributed by atoms with van der Waals surface area (Å²) in [5.74, 6) is 0. The van der Waals surface area contributed by atoms with Crippen LogP contribution in [0.15, 0.2) is 32.3 Å². The lowest BCUT2D eigenvalue weighted by atomic mass is 10.1. The quantitative estimate of drug-likeness (QED) is 0.812. The average molecular weight is 372 g/mol. The number of rotatable bonds is 7. The lowest BCUT2D eigenvalue weighted by molar-refractivity contribution is 0.181. The molecule has 1 N–H and O–H groups in total. The van der Waals surface area contributed by atoms with Gasteiger partial charge in [0, 0.05) is 13.2 Å². The fourth-order valence-corrected chi connectivity index (χ4v) is 3.08. The maximum absolute atomic E-state index is 12.2. The maximum Gasteiger partial charge on any atom is 0.283 e. The van der Waals surface area contributed by atoms with Crippen LogP contribution in [0.2, 0.25) is 0 Å². The lowest BCUT2D eigenvalue weighted by Crippen LogP contribution is -2.27. The molecule has 1 atom stereocenters. The van der Waals surface area contributed by atoms with Crippen molar-refractivity contribution < 1.29 is 4.74 Å². The van der Waals surface area contributed by atoms with E-state index in [2.05, 4.69) is 50.1 Å². The van der Waals surface area contributed by atoms with Gasteiger partial charge in [-0.05, 0) is 51.7 Å². The Bertz CT molecular complexity index is 628. The molecule has 0 aliphatic rings. The normalized spacial score (nSPS) is 12.3. The van der Waals surface area contributed by atoms with E-state index in [1.807, 2.05) is 0 Å². The molecule has 2 rings (SSSR count). The van der Waals surface area contributed by atoms with Crippen LogP contribution in [0.1, 0.15) is 12.5 Å². The van der Waals surface area contributed by atoms with Crippen molar-refractivity contribution in [2.24, 2.45) is 0 Å². The molecule has 0 bridgehead atoms. The summed E-state index contributed by atoms with van der Waals surface area (Å²) in [4.78, 5) is 12.2. The van der Waals surface area contributed by atoms with Gasteiger partial charge in [0.15, 0.2) is 0 Å². The largest absolute Gasteiger partial charge is 0.383 e. The number of thiophene rings is 1. The van der Waals surface area contributed by atoms with Gasteiger partial charge in [0.2, 0.25) is 0 Å². The molecule has 0 radical (unpaired) electrons. The van der Waals surface area contributed by atoms with Gasteiger partial charge < -0.3 is 10.1 Å². The first-order valence-corrected chi connectivity index (χ1v) is 8.37. The monoisotopic (exact) mass is 371 g/mol. The SMILES string of the molecule is COCCn1ncc(NC(C)Cc2ccsc2)c(Br)c1=O. The summed E-state index contributed by atoms with van der Waals surface area (Å²) in [6.07, 6.45) is 2.58. The first-order valence-electron chi connectivity index (χ1n) is 6.64. The standard InChI is InChI=1S/C14H18BrN3O2S/c1-10(7-11-3-6-21-9-11)17-12-8-16-18(4-5-20-2)14(19)13(12)15/h3,6,8-10,17H,4-5,7H2,1-2H3. The van der Waals surface area contributed by atoms with Crippen LogP contribution in [0, 0.1) is 0 Å². The molecule has 2 aromatic heterocycles. The summed E-state index contributed by atoms with van der Waals surface area (Å²) >= 11 is 5.04. The smallest absolute Gasteiger partial charge is 0.283 e. The number of nitrogens with zero attached hydrogens (tertiary/aromatic N) is 2. The van der Waals surface area contributed by atoms with Gasteiger partial charge in [-0.1, -0.05) is 0 Å². The van der Waals surface area contributed by atoms with Crippen molar-refractivity contribution in [3.63, 3.8) is 0 Å². The second kappa shape index (κ2) is 7.72. The van der Waals surface area contributed by atoms with Crippen LogP contribution in [0.25, 0.3) is 0 Å². The molecule has 2 heterocycles. The number of halogens is 1. The first kappa shape index (κ1) is 16.2. The molecule has 0 aliphatic heterocycles. The van der Waals surface area contributed by atoms with Crippen molar-refractivity contribution >= 4 is 33.0 Å². The number of aromatic nitrogens is 2. The molecule has 0 spiro atoms. The Labute approximate surface area is 136 Å². The third-order valence-corrected chi connectivity index (χ3v) is 4.51. The van der Waals surface area contributed by atoms with E-state index in [9.17, 15) is 4.79 Å². The van der Waals surface area contributed by atoms with Gasteiger partial charge in [-0.15, -0.1) is 0 Å². The van der Waals surface area contributed by atoms with Crippen molar-refractivity contribution in [1.29, 1.82) is 0 Å². The molecule has 0 aliphatic carbocycles. The highest BCUT2D eigenvalue weighted by Gasteiger charge is 2.11. The van der Waals surface area contributed by atoms with Crippen molar-refractivity contribution in [3.8, 4) is 0 Å². The minimum Gasteiger partial charge on any atom is -0.383 e. The Morgan fingerprint density at radius 3 is 3.05 bits per heavy atom. The van der Waals surface area contributed by atoms with Crippen LogP contribution in [0.5, 0.6) is 0 Å². The third-order valence-electron chi connectivity index (χ3n) is 3.02. The highest BCUT2D eigenvalue weighted by molar-refractivity contribution is 9.10. The minimum atomic E-state index is -0.153. The summed E-state index contributed by atoms with van der Waals surface area (Å²) < 4.78 is 6.86. The number of hydrogen-bond donors (Lipinski definition) is 1. The summed E-state index contributed by atoms with van der Waals surface area (Å²) in [7, 11) is 1.60. The summed E-state index contributed by atoms with van der Waals surface area (Å²) in [5.41, 5.74) is 1.86. The second-order valence-corrected chi connectivity index (χ2v) is 6.35. The van der Waals surface area contributed by atoms with E-state index in [0.29, 0.717) is 17.6 Å². The zero-order valence-corrected chi connectivity index (χ0v) is 14.4. The van der Waals surface area contributed by atoms with Crippen LogP contribution < -0.4 is 10.9 Å². The highest BCUT2D eigenvalue weighted by atomic mass is 79.9. The van der Waals surface area contributed by atoms with E-state index < -0.39 is 0 Å². The molecule has 0 amide bonds. The molecule has 0 fully saturated rings. The van der Waals surface area contributed by atoms with E-state index in [0.717, 1.165) is 12.1 Å². The third kappa shape index (κ3) is 4.39. The maximum atomic E-state index is 12.2. The van der Waals surface area contributed by atoms with Crippen molar-refractivity contribution in [1.82, 2.24) is 9.78 Å². The summed E-state index contributed by atoms with van der Waals surface area (Å²) in [6, 6.07) is 2.32. The molecule has 2 aromatic rings. The van der Waals surface area contributed by atoms with Crippen molar-refractivity contribution in [3.05, 3.63) is 43.4 Å². The fraction of sp³-hybridized carbons (Fsp3) is 0.429. The summed E-state index contributed by atoms with van der Waals surface area (Å²) in [5, 5.41) is 11.7. The van der Waals surface area contributed by atoms with Crippen molar-refractivity contribution in [2.45, 2.75) is 25.9 Å². The van der Waals surface area contributed by atoms with Crippen LogP contribution in [-0.4, -0.2) is 29.5 Å². The van der Waals surface area contributed by atoms with Gasteiger partial charge in [-0.2, -0.15) is 16.4 Å². The predicted octanol–water partition coefficient (Wildman–Crippen LogP) is 2.76. The molecule has 0 aromatic carbocycles. The molecule has 1 unspecified atom stereocenters. The van der Waals surface area contributed by atoms with E-state index in [1.54, 1.807) is 24.6 Å². The predicted molar refractivity (Wildman–Crippen MR) is 89.2 cm³/mol. The first-order chi connectivity index (χ1) is 10.1. The molecular formula is C14H18BrN3O2S. The summed E-state index contributed by atoms with van der Waals surface area (Å²) in [6.45, 7) is 2.99. The molecule has 0 saturated heterocycles. The number of hydrogen-bond acceptors (Lipinski definition) is 5. The second-order valence-electron chi connectivity index (χ2n) is 4.77. The molecule has 114 valence electrons. The Kier molecular flexibility index (Phi) is 5.96. The lowest BCUT2D eigenvalue weighted by Gasteiger charge is -2.16. The zero-order chi connectivity index (χ0) is 15.2. The van der Waals surface area contributed by atoms with E-state index in [-0.39, 0.29) is 11.6 Å².